The lowest BCUT2D eigenvalue weighted by molar-refractivity contribution is -0.197. The number of amides is 2. The van der Waals surface area contributed by atoms with Crippen LogP contribution in [0.15, 0.2) is 42.5 Å². The van der Waals surface area contributed by atoms with E-state index in [-0.39, 0.29) is 23.9 Å². The number of phenolic OH excluding ortho intramolecular Hbond substituents is 1. The smallest absolute Gasteiger partial charge is 0.335 e. The van der Waals surface area contributed by atoms with Gasteiger partial charge in [0.05, 0.1) is 17.1 Å². The molecule has 5 aliphatic rings. The molecule has 13 heteroatoms. The molecule has 2 bridgehead atoms. The molecule has 2 saturated carbocycles. The van der Waals surface area contributed by atoms with E-state index in [2.05, 4.69) is 10.2 Å². The molecule has 0 aromatic heterocycles. The van der Waals surface area contributed by atoms with Gasteiger partial charge in [-0.15, -0.1) is 0 Å². The number of hydrogen-bond acceptors (Lipinski definition) is 9. The molecule has 248 valence electrons. The van der Waals surface area contributed by atoms with Gasteiger partial charge in [0.25, 0.3) is 0 Å². The number of carboxylic acid groups (broad SMARTS) is 2. The number of aliphatic carboxylic acids is 2. The molecule has 7 N–H and O–H groups in total. The van der Waals surface area contributed by atoms with Crippen LogP contribution in [0.1, 0.15) is 48.8 Å². The summed E-state index contributed by atoms with van der Waals surface area (Å²) in [5.41, 5.74) is 1.68. The predicted molar refractivity (Wildman–Crippen MR) is 162 cm³/mol. The van der Waals surface area contributed by atoms with E-state index in [4.69, 9.17) is 25.2 Å². The Morgan fingerprint density at radius 2 is 1.70 bits per heavy atom. The Balaban J connectivity index is 0.000000324. The monoisotopic (exact) mass is 639 g/mol. The van der Waals surface area contributed by atoms with Gasteiger partial charge in [-0.05, 0) is 68.2 Å². The highest BCUT2D eigenvalue weighted by molar-refractivity contribution is 5.83. The number of phenols is 1. The average Bonchev–Trinajstić information content (AvgIpc) is 3.79. The highest BCUT2D eigenvalue weighted by Gasteiger charge is 2.73. The number of carboxylic acids is 2. The van der Waals surface area contributed by atoms with Crippen LogP contribution < -0.4 is 10.1 Å². The highest BCUT2D eigenvalue weighted by Crippen LogP contribution is 2.66. The minimum absolute atomic E-state index is 0.0408. The SMILES string of the molecule is CN(C(=O)NCc1ccccc1)[C@@H]1CC[C@@]2(O)[C@H]3Cc4ccc(O)c5c4[C@@]2(CCN3CC2CC2)[C@H]1O5.O=C(O)C(O)C(O)C(=O)O. The Morgan fingerprint density at radius 3 is 2.33 bits per heavy atom. The number of carbonyl (C=O) groups excluding carboxylic acids is 1. The number of aliphatic hydroxyl groups excluding tert-OH is 2. The first kappa shape index (κ1) is 32.0. The second kappa shape index (κ2) is 12.0. The summed E-state index contributed by atoms with van der Waals surface area (Å²) in [7, 11) is 1.83. The summed E-state index contributed by atoms with van der Waals surface area (Å²) in [4.78, 5) is 37.1. The molecule has 2 aliphatic heterocycles. The first-order valence-electron chi connectivity index (χ1n) is 15.7. The van der Waals surface area contributed by atoms with Gasteiger partial charge >= 0.3 is 18.0 Å². The second-order valence-electron chi connectivity index (χ2n) is 13.2. The van der Waals surface area contributed by atoms with E-state index in [1.807, 2.05) is 43.4 Å². The predicted octanol–water partition coefficient (Wildman–Crippen LogP) is 1.04. The van der Waals surface area contributed by atoms with Crippen LogP contribution in [0, 0.1) is 5.92 Å². The second-order valence-corrected chi connectivity index (χ2v) is 13.2. The Kier molecular flexibility index (Phi) is 8.38. The van der Waals surface area contributed by atoms with Crippen LogP contribution in [0.5, 0.6) is 11.5 Å². The third-order valence-corrected chi connectivity index (χ3v) is 10.6. The summed E-state index contributed by atoms with van der Waals surface area (Å²) in [5, 5.41) is 59.0. The molecule has 13 nitrogen and oxygen atoms in total. The number of aliphatic hydroxyl groups is 3. The van der Waals surface area contributed by atoms with Crippen molar-refractivity contribution in [3.63, 3.8) is 0 Å². The molecule has 7 rings (SSSR count). The fourth-order valence-corrected chi connectivity index (χ4v) is 8.17. The fourth-order valence-electron chi connectivity index (χ4n) is 8.17. The fraction of sp³-hybridized carbons (Fsp3) is 0.545. The van der Waals surface area contributed by atoms with Crippen LogP contribution in [0.3, 0.4) is 0 Å². The summed E-state index contributed by atoms with van der Waals surface area (Å²) < 4.78 is 6.60. The number of likely N-dealkylation sites (tertiary alicyclic amines) is 1. The quantitative estimate of drug-likeness (QED) is 0.218. The number of hydrogen-bond donors (Lipinski definition) is 7. The number of urea groups is 1. The Hall–Kier alpha value is -3.91. The number of piperidine rings is 1. The number of nitrogens with one attached hydrogen (secondary N) is 1. The number of aromatic hydroxyl groups is 1. The van der Waals surface area contributed by atoms with Gasteiger partial charge in [0.2, 0.25) is 0 Å². The summed E-state index contributed by atoms with van der Waals surface area (Å²) in [5.74, 6) is -2.13. The lowest BCUT2D eigenvalue weighted by atomic mass is 9.48. The van der Waals surface area contributed by atoms with E-state index >= 15 is 0 Å². The number of carbonyl (C=O) groups is 3. The van der Waals surface area contributed by atoms with Crippen molar-refractivity contribution in [3.8, 4) is 11.5 Å². The number of likely N-dealkylation sites (N-methyl/N-ethyl adjacent to an activating group) is 1. The zero-order chi connectivity index (χ0) is 33.0. The van der Waals surface area contributed by atoms with Crippen LogP contribution in [0.4, 0.5) is 4.79 Å². The molecule has 7 atom stereocenters. The van der Waals surface area contributed by atoms with Crippen LogP contribution in [0.25, 0.3) is 0 Å². The number of rotatable bonds is 8. The van der Waals surface area contributed by atoms with Crippen LogP contribution in [-0.2, 0) is 28.0 Å². The molecule has 0 radical (unpaired) electrons. The lowest BCUT2D eigenvalue weighted by Gasteiger charge is -2.64. The summed E-state index contributed by atoms with van der Waals surface area (Å²) in [6.45, 7) is 2.43. The number of benzene rings is 2. The minimum atomic E-state index is -2.27. The van der Waals surface area contributed by atoms with Gasteiger partial charge < -0.3 is 45.6 Å². The minimum Gasteiger partial charge on any atom is -0.504 e. The maximum atomic E-state index is 13.3. The molecule has 2 heterocycles. The lowest BCUT2D eigenvalue weighted by Crippen LogP contribution is -2.78. The molecule has 1 spiro atoms. The van der Waals surface area contributed by atoms with Crippen LogP contribution in [0.2, 0.25) is 0 Å². The van der Waals surface area contributed by atoms with Gasteiger partial charge in [-0.2, -0.15) is 0 Å². The van der Waals surface area contributed by atoms with Crippen molar-refractivity contribution in [2.24, 2.45) is 5.92 Å². The van der Waals surface area contributed by atoms with E-state index in [1.165, 1.54) is 18.4 Å². The first-order chi connectivity index (χ1) is 21.9. The standard InChI is InChI=1S/C29H35N3O4.C4H6O6/c1-31(27(34)30-16-18-5-3-2-4-6-18)21-11-12-29(35)23-15-20-9-10-22(33)25-24(20)28(29,26(21)36-25)13-14-32(23)17-19-7-8-19;5-1(3(7)8)2(6)4(9)10/h2-6,9-10,19,21,23,26,33,35H,7-8,11-17H2,1H3,(H,30,34);1-2,5-6H,(H,7,8)(H,9,10)/t21-,23-,26+,28+,29-;/m1./s1. The first-order valence-corrected chi connectivity index (χ1v) is 15.7. The zero-order valence-electron chi connectivity index (χ0n) is 25.6. The Bertz CT molecular complexity index is 1480. The van der Waals surface area contributed by atoms with Crippen molar-refractivity contribution in [1.29, 1.82) is 0 Å². The van der Waals surface area contributed by atoms with Crippen LogP contribution in [-0.4, -0.2) is 115 Å². The molecule has 46 heavy (non-hydrogen) atoms. The number of nitrogens with zero attached hydrogens (tertiary/aromatic N) is 2. The number of ether oxygens (including phenoxy) is 1. The maximum absolute atomic E-state index is 13.3. The molecule has 2 aromatic rings. The van der Waals surface area contributed by atoms with Gasteiger partial charge in [-0.25, -0.2) is 14.4 Å². The molecule has 3 aliphatic carbocycles. The maximum Gasteiger partial charge on any atom is 0.335 e. The normalized spacial score (nSPS) is 30.0. The molecule has 2 aromatic carbocycles. The largest absolute Gasteiger partial charge is 0.504 e. The van der Waals surface area contributed by atoms with Gasteiger partial charge in [-0.3, -0.25) is 4.90 Å². The molecule has 1 saturated heterocycles. The van der Waals surface area contributed by atoms with Gasteiger partial charge in [-0.1, -0.05) is 36.4 Å². The molecule has 2 amide bonds. The summed E-state index contributed by atoms with van der Waals surface area (Å²) in [6, 6.07) is 13.3. The van der Waals surface area contributed by atoms with Crippen molar-refractivity contribution in [2.75, 3.05) is 20.1 Å². The van der Waals surface area contributed by atoms with E-state index in [0.29, 0.717) is 25.1 Å². The van der Waals surface area contributed by atoms with Gasteiger partial charge in [0.1, 0.15) is 6.10 Å². The van der Waals surface area contributed by atoms with E-state index in [1.54, 1.807) is 11.0 Å². The third kappa shape index (κ3) is 5.24. The Morgan fingerprint density at radius 1 is 1.02 bits per heavy atom. The molecule has 2 unspecified atom stereocenters. The van der Waals surface area contributed by atoms with Crippen molar-refractivity contribution < 1.29 is 49.8 Å². The van der Waals surface area contributed by atoms with E-state index in [0.717, 1.165) is 43.0 Å². The van der Waals surface area contributed by atoms with Crippen molar-refractivity contribution >= 4 is 18.0 Å². The van der Waals surface area contributed by atoms with Crippen molar-refractivity contribution in [2.45, 2.75) is 86.5 Å². The van der Waals surface area contributed by atoms with E-state index in [9.17, 15) is 24.6 Å². The zero-order valence-corrected chi connectivity index (χ0v) is 25.6. The highest BCUT2D eigenvalue weighted by atomic mass is 16.5. The van der Waals surface area contributed by atoms with Crippen molar-refractivity contribution in [3.05, 3.63) is 59.2 Å². The van der Waals surface area contributed by atoms with E-state index < -0.39 is 41.3 Å². The van der Waals surface area contributed by atoms with Crippen LogP contribution >= 0.6 is 0 Å². The molecular weight excluding hydrogens is 598 g/mol. The topological polar surface area (TPSA) is 200 Å². The summed E-state index contributed by atoms with van der Waals surface area (Å²) >= 11 is 0. The van der Waals surface area contributed by atoms with Gasteiger partial charge in [0.15, 0.2) is 23.7 Å². The Labute approximate surface area is 266 Å². The molecular formula is C33H41N3O10. The molecule has 3 fully saturated rings. The summed E-state index contributed by atoms with van der Waals surface area (Å²) in [6.07, 6.45) is 0.491. The average molecular weight is 640 g/mol. The van der Waals surface area contributed by atoms with Gasteiger partial charge in [0, 0.05) is 31.7 Å². The third-order valence-electron chi connectivity index (χ3n) is 10.6. The van der Waals surface area contributed by atoms with Crippen molar-refractivity contribution in [1.82, 2.24) is 15.1 Å².